The largest absolute Gasteiger partial charge is 0.497 e. The summed E-state index contributed by atoms with van der Waals surface area (Å²) >= 11 is 0. The highest BCUT2D eigenvalue weighted by Crippen LogP contribution is 2.32. The number of ketones is 1. The highest BCUT2D eigenvalue weighted by atomic mass is 19.1. The molecule has 3 nitrogen and oxygen atoms in total. The third kappa shape index (κ3) is 2.29. The van der Waals surface area contributed by atoms with Crippen molar-refractivity contribution in [3.63, 3.8) is 0 Å². The lowest BCUT2D eigenvalue weighted by Crippen LogP contribution is -1.94. The Bertz CT molecular complexity index is 836. The molecular weight excluding hydrogens is 269 g/mol. The molecule has 0 amide bonds. The van der Waals surface area contributed by atoms with E-state index in [1.807, 2.05) is 24.3 Å². The summed E-state index contributed by atoms with van der Waals surface area (Å²) in [6.07, 6.45) is 0. The van der Waals surface area contributed by atoms with Gasteiger partial charge in [0, 0.05) is 16.5 Å². The lowest BCUT2D eigenvalue weighted by atomic mass is 10.0. The van der Waals surface area contributed by atoms with Gasteiger partial charge in [-0.05, 0) is 37.3 Å². The summed E-state index contributed by atoms with van der Waals surface area (Å²) in [6.45, 7) is 1.48. The van der Waals surface area contributed by atoms with Gasteiger partial charge >= 0.3 is 0 Å². The number of halogens is 1. The van der Waals surface area contributed by atoms with E-state index in [4.69, 9.17) is 4.74 Å². The van der Waals surface area contributed by atoms with Gasteiger partial charge in [0.05, 0.1) is 18.4 Å². The molecule has 0 radical (unpaired) electrons. The maximum atomic E-state index is 13.5. The van der Waals surface area contributed by atoms with Gasteiger partial charge in [0.25, 0.3) is 0 Å². The highest BCUT2D eigenvalue weighted by molar-refractivity contribution is 6.12. The number of nitrogens with one attached hydrogen (secondary N) is 1. The van der Waals surface area contributed by atoms with E-state index in [0.717, 1.165) is 11.1 Å². The molecule has 0 bridgehead atoms. The predicted octanol–water partition coefficient (Wildman–Crippen LogP) is 4.19. The third-order valence-corrected chi connectivity index (χ3v) is 3.47. The monoisotopic (exact) mass is 283 g/mol. The van der Waals surface area contributed by atoms with Crippen molar-refractivity contribution < 1.29 is 13.9 Å². The molecule has 1 heterocycles. The van der Waals surface area contributed by atoms with Gasteiger partial charge in [-0.15, -0.1) is 0 Å². The fourth-order valence-electron chi connectivity index (χ4n) is 2.52. The molecule has 0 unspecified atom stereocenters. The summed E-state index contributed by atoms with van der Waals surface area (Å²) < 4.78 is 18.7. The standard InChI is InChI=1S/C17H14FNO2/c1-10(20)16-14-9-12(18)6-7-15(14)19-17(16)11-4-3-5-13(8-11)21-2/h3-9,19H,1-2H3. The van der Waals surface area contributed by atoms with Gasteiger partial charge < -0.3 is 9.72 Å². The van der Waals surface area contributed by atoms with Crippen LogP contribution in [0.1, 0.15) is 17.3 Å². The van der Waals surface area contributed by atoms with E-state index in [9.17, 15) is 9.18 Å². The molecule has 0 fully saturated rings. The summed E-state index contributed by atoms with van der Waals surface area (Å²) in [5.41, 5.74) is 2.75. The Morgan fingerprint density at radius 3 is 2.71 bits per heavy atom. The van der Waals surface area contributed by atoms with Crippen molar-refractivity contribution in [2.24, 2.45) is 0 Å². The first kappa shape index (κ1) is 13.4. The molecule has 0 aliphatic heterocycles. The number of carbonyl (C=O) groups excluding carboxylic acids is 1. The smallest absolute Gasteiger partial charge is 0.162 e. The number of rotatable bonds is 3. The summed E-state index contributed by atoms with van der Waals surface area (Å²) in [6, 6.07) is 11.8. The van der Waals surface area contributed by atoms with Gasteiger partial charge in [-0.1, -0.05) is 12.1 Å². The number of methoxy groups -OCH3 is 1. The van der Waals surface area contributed by atoms with E-state index in [1.165, 1.54) is 19.1 Å². The summed E-state index contributed by atoms with van der Waals surface area (Å²) in [4.78, 5) is 15.2. The molecule has 0 aliphatic carbocycles. The summed E-state index contributed by atoms with van der Waals surface area (Å²) in [5.74, 6) is 0.234. The van der Waals surface area contributed by atoms with Crippen LogP contribution in [0.3, 0.4) is 0 Å². The molecule has 21 heavy (non-hydrogen) atoms. The number of ether oxygens (including phenoxy) is 1. The van der Waals surface area contributed by atoms with Gasteiger partial charge in [0.15, 0.2) is 5.78 Å². The van der Waals surface area contributed by atoms with E-state index >= 15 is 0 Å². The van der Waals surface area contributed by atoms with Crippen molar-refractivity contribution >= 4 is 16.7 Å². The van der Waals surface area contributed by atoms with Gasteiger partial charge in [0.2, 0.25) is 0 Å². The number of Topliss-reactive ketones (excluding diaryl/α,β-unsaturated/α-hetero) is 1. The number of aromatic nitrogens is 1. The molecule has 3 aromatic rings. The van der Waals surface area contributed by atoms with Crippen molar-refractivity contribution in [2.75, 3.05) is 7.11 Å². The number of benzene rings is 2. The number of hydrogen-bond acceptors (Lipinski definition) is 2. The van der Waals surface area contributed by atoms with Crippen LogP contribution < -0.4 is 4.74 Å². The molecular formula is C17H14FNO2. The van der Waals surface area contributed by atoms with Crippen LogP contribution in [0.5, 0.6) is 5.75 Å². The van der Waals surface area contributed by atoms with Crippen LogP contribution in [0.15, 0.2) is 42.5 Å². The van der Waals surface area contributed by atoms with Crippen LogP contribution >= 0.6 is 0 Å². The second-order valence-corrected chi connectivity index (χ2v) is 4.85. The molecule has 0 saturated heterocycles. The SMILES string of the molecule is COc1cccc(-c2[nH]c3ccc(F)cc3c2C(C)=O)c1. The van der Waals surface area contributed by atoms with Crippen molar-refractivity contribution in [1.29, 1.82) is 0 Å². The fraction of sp³-hybridized carbons (Fsp3) is 0.118. The number of aromatic amines is 1. The molecule has 4 heteroatoms. The molecule has 0 aliphatic rings. The zero-order valence-electron chi connectivity index (χ0n) is 11.7. The molecule has 0 atom stereocenters. The number of H-pyrrole nitrogens is 1. The first-order valence-corrected chi connectivity index (χ1v) is 6.56. The zero-order chi connectivity index (χ0) is 15.0. The van der Waals surface area contributed by atoms with Gasteiger partial charge in [-0.3, -0.25) is 4.79 Å². The van der Waals surface area contributed by atoms with Crippen molar-refractivity contribution in [3.8, 4) is 17.0 Å². The molecule has 1 aromatic heterocycles. The molecule has 0 saturated carbocycles. The van der Waals surface area contributed by atoms with Gasteiger partial charge in [0.1, 0.15) is 11.6 Å². The van der Waals surface area contributed by atoms with Gasteiger partial charge in [-0.25, -0.2) is 4.39 Å². The quantitative estimate of drug-likeness (QED) is 0.732. The van der Waals surface area contributed by atoms with E-state index < -0.39 is 0 Å². The number of hydrogen-bond donors (Lipinski definition) is 1. The highest BCUT2D eigenvalue weighted by Gasteiger charge is 2.17. The Morgan fingerprint density at radius 1 is 1.19 bits per heavy atom. The van der Waals surface area contributed by atoms with Crippen LogP contribution in [-0.2, 0) is 0 Å². The minimum atomic E-state index is -0.360. The number of carbonyl (C=O) groups is 1. The fourth-order valence-corrected chi connectivity index (χ4v) is 2.52. The number of fused-ring (bicyclic) bond motifs is 1. The molecule has 0 spiro atoms. The Kier molecular flexibility index (Phi) is 3.22. The normalized spacial score (nSPS) is 10.8. The van der Waals surface area contributed by atoms with E-state index in [2.05, 4.69) is 4.98 Å². The maximum absolute atomic E-state index is 13.5. The molecule has 2 aromatic carbocycles. The average molecular weight is 283 g/mol. The van der Waals surface area contributed by atoms with Crippen LogP contribution in [0.4, 0.5) is 4.39 Å². The Hall–Kier alpha value is -2.62. The van der Waals surface area contributed by atoms with Crippen LogP contribution in [-0.4, -0.2) is 17.9 Å². The Labute approximate surface area is 121 Å². The minimum absolute atomic E-state index is 0.107. The second kappa shape index (κ2) is 5.05. The lowest BCUT2D eigenvalue weighted by Gasteiger charge is -2.05. The van der Waals surface area contributed by atoms with E-state index in [-0.39, 0.29) is 11.6 Å². The average Bonchev–Trinajstić information content (AvgIpc) is 2.86. The molecule has 106 valence electrons. The first-order chi connectivity index (χ1) is 10.1. The molecule has 3 rings (SSSR count). The first-order valence-electron chi connectivity index (χ1n) is 6.56. The summed E-state index contributed by atoms with van der Waals surface area (Å²) in [7, 11) is 1.59. The Morgan fingerprint density at radius 2 is 2.00 bits per heavy atom. The summed E-state index contributed by atoms with van der Waals surface area (Å²) in [5, 5.41) is 0.598. The Balaban J connectivity index is 2.31. The van der Waals surface area contributed by atoms with Crippen LogP contribution in [0.25, 0.3) is 22.2 Å². The lowest BCUT2D eigenvalue weighted by molar-refractivity contribution is 0.102. The van der Waals surface area contributed by atoms with Crippen molar-refractivity contribution in [3.05, 3.63) is 53.8 Å². The van der Waals surface area contributed by atoms with Crippen LogP contribution in [0, 0.1) is 5.82 Å². The topological polar surface area (TPSA) is 42.1 Å². The second-order valence-electron chi connectivity index (χ2n) is 4.85. The van der Waals surface area contributed by atoms with E-state index in [0.29, 0.717) is 22.4 Å². The molecule has 1 N–H and O–H groups in total. The van der Waals surface area contributed by atoms with E-state index in [1.54, 1.807) is 13.2 Å². The third-order valence-electron chi connectivity index (χ3n) is 3.47. The minimum Gasteiger partial charge on any atom is -0.497 e. The zero-order valence-corrected chi connectivity index (χ0v) is 11.7. The maximum Gasteiger partial charge on any atom is 0.162 e. The van der Waals surface area contributed by atoms with Crippen LogP contribution in [0.2, 0.25) is 0 Å². The van der Waals surface area contributed by atoms with Crippen molar-refractivity contribution in [2.45, 2.75) is 6.92 Å². The van der Waals surface area contributed by atoms with Gasteiger partial charge in [-0.2, -0.15) is 0 Å². The van der Waals surface area contributed by atoms with Crippen molar-refractivity contribution in [1.82, 2.24) is 4.98 Å². The predicted molar refractivity (Wildman–Crippen MR) is 80.2 cm³/mol.